The van der Waals surface area contributed by atoms with Gasteiger partial charge in [-0.15, -0.1) is 0 Å². The second-order valence-electron chi connectivity index (χ2n) is 6.40. The second-order valence-corrected chi connectivity index (χ2v) is 7.59. The maximum absolute atomic E-state index is 7.73. The molecule has 0 aliphatic heterocycles. The van der Waals surface area contributed by atoms with E-state index in [2.05, 4.69) is 31.2 Å². The molecule has 0 amide bonds. The molecule has 0 saturated heterocycles. The molecule has 140 valence electrons. The van der Waals surface area contributed by atoms with Gasteiger partial charge in [-0.1, -0.05) is 23.7 Å². The van der Waals surface area contributed by atoms with Crippen molar-refractivity contribution in [2.45, 2.75) is 26.4 Å². The van der Waals surface area contributed by atoms with Crippen molar-refractivity contribution in [3.8, 4) is 11.1 Å². The molecular weight excluding hydrogens is 428 g/mol. The summed E-state index contributed by atoms with van der Waals surface area (Å²) in [5.41, 5.74) is 9.56. The van der Waals surface area contributed by atoms with Crippen LogP contribution in [-0.4, -0.2) is 26.8 Å². The van der Waals surface area contributed by atoms with E-state index in [0.717, 1.165) is 26.7 Å². The van der Waals surface area contributed by atoms with Crippen LogP contribution in [0.3, 0.4) is 0 Å². The lowest BCUT2D eigenvalue weighted by atomic mass is 10.1. The van der Waals surface area contributed by atoms with E-state index < -0.39 is 0 Å². The second kappa shape index (κ2) is 8.10. The fourth-order valence-electron chi connectivity index (χ4n) is 2.78. The maximum atomic E-state index is 7.73. The summed E-state index contributed by atoms with van der Waals surface area (Å²) in [6, 6.07) is 7.83. The fourth-order valence-corrected chi connectivity index (χ4v) is 3.63. The number of nitrogens with two attached hydrogens (primary N) is 1. The van der Waals surface area contributed by atoms with Crippen molar-refractivity contribution in [1.82, 2.24) is 19.9 Å². The molecule has 0 aliphatic rings. The summed E-state index contributed by atoms with van der Waals surface area (Å²) in [6.45, 7) is 4.56. The van der Waals surface area contributed by atoms with Gasteiger partial charge in [0.1, 0.15) is 17.8 Å². The quantitative estimate of drug-likeness (QED) is 0.480. The molecule has 6 nitrogen and oxygen atoms in total. The van der Waals surface area contributed by atoms with Crippen LogP contribution in [0.5, 0.6) is 0 Å². The Kier molecular flexibility index (Phi) is 5.82. The molecule has 0 atom stereocenters. The molecule has 0 radical (unpaired) electrons. The minimum absolute atomic E-state index is 0.285. The van der Waals surface area contributed by atoms with Crippen molar-refractivity contribution in [3.05, 3.63) is 52.0 Å². The van der Waals surface area contributed by atoms with Crippen molar-refractivity contribution in [2.75, 3.05) is 5.73 Å². The highest BCUT2D eigenvalue weighted by molar-refractivity contribution is 9.10. The third-order valence-electron chi connectivity index (χ3n) is 4.07. The van der Waals surface area contributed by atoms with Crippen molar-refractivity contribution in [2.24, 2.45) is 0 Å². The summed E-state index contributed by atoms with van der Waals surface area (Å²) in [6.07, 6.45) is 4.63. The lowest BCUT2D eigenvalue weighted by molar-refractivity contribution is 0.693. The maximum Gasteiger partial charge on any atom is 0.147 e. The highest BCUT2D eigenvalue weighted by atomic mass is 79.9. The van der Waals surface area contributed by atoms with Crippen LogP contribution in [0, 0.1) is 5.41 Å². The molecule has 0 saturated carbocycles. The zero-order valence-corrected chi connectivity index (χ0v) is 17.3. The van der Waals surface area contributed by atoms with E-state index in [4.69, 9.17) is 22.7 Å². The van der Waals surface area contributed by atoms with Gasteiger partial charge in [-0.25, -0.2) is 9.97 Å². The number of hydrogen-bond acceptors (Lipinski definition) is 5. The first-order valence-corrected chi connectivity index (χ1v) is 9.59. The van der Waals surface area contributed by atoms with Gasteiger partial charge < -0.3 is 21.0 Å². The number of nitrogens with one attached hydrogen (secondary N) is 2. The number of rotatable bonds is 6. The molecule has 1 aromatic carbocycles. The predicted molar refractivity (Wildman–Crippen MR) is 115 cm³/mol. The van der Waals surface area contributed by atoms with Crippen LogP contribution in [0.2, 0.25) is 5.02 Å². The molecule has 8 heteroatoms. The van der Waals surface area contributed by atoms with Crippen LogP contribution in [0.4, 0.5) is 5.82 Å². The first-order chi connectivity index (χ1) is 12.9. The largest absolute Gasteiger partial charge is 0.388 e. The Bertz CT molecular complexity index is 1010. The van der Waals surface area contributed by atoms with Gasteiger partial charge in [0.25, 0.3) is 0 Å². The lowest BCUT2D eigenvalue weighted by Crippen LogP contribution is -2.17. The topological polar surface area (TPSA) is 92.6 Å². The van der Waals surface area contributed by atoms with Crippen LogP contribution in [0.25, 0.3) is 22.2 Å². The van der Waals surface area contributed by atoms with Crippen LogP contribution < -0.4 is 11.1 Å². The summed E-state index contributed by atoms with van der Waals surface area (Å²) in [5.74, 6) is 0.407. The number of aromatic nitrogens is 3. The van der Waals surface area contributed by atoms with E-state index in [9.17, 15) is 0 Å². The summed E-state index contributed by atoms with van der Waals surface area (Å²) < 4.78 is 2.81. The normalized spacial score (nSPS) is 12.0. The van der Waals surface area contributed by atoms with Crippen molar-refractivity contribution in [3.63, 3.8) is 0 Å². The summed E-state index contributed by atoms with van der Waals surface area (Å²) >= 11 is 9.74. The van der Waals surface area contributed by atoms with Gasteiger partial charge in [0.2, 0.25) is 0 Å². The van der Waals surface area contributed by atoms with Crippen LogP contribution in [-0.2, 0) is 6.54 Å². The number of halogens is 2. The van der Waals surface area contributed by atoms with Crippen LogP contribution >= 0.6 is 27.5 Å². The zero-order valence-electron chi connectivity index (χ0n) is 15.0. The Morgan fingerprint density at radius 3 is 2.67 bits per heavy atom. The molecule has 27 heavy (non-hydrogen) atoms. The first kappa shape index (κ1) is 19.4. The molecule has 4 N–H and O–H groups in total. The summed E-state index contributed by atoms with van der Waals surface area (Å²) in [7, 11) is 0. The molecule has 0 bridgehead atoms. The molecule has 3 rings (SSSR count). The van der Waals surface area contributed by atoms with Crippen molar-refractivity contribution >= 4 is 50.6 Å². The number of fused-ring (bicyclic) bond motifs is 1. The monoisotopic (exact) mass is 446 g/mol. The molecule has 0 fully saturated rings. The molecule has 0 aliphatic carbocycles. The minimum Gasteiger partial charge on any atom is -0.388 e. The van der Waals surface area contributed by atoms with E-state index in [1.807, 2.05) is 48.9 Å². The van der Waals surface area contributed by atoms with Gasteiger partial charge in [0.05, 0.1) is 16.5 Å². The smallest absolute Gasteiger partial charge is 0.147 e. The molecule has 2 heterocycles. The fraction of sp³-hybridized carbons (Fsp3) is 0.211. The van der Waals surface area contributed by atoms with E-state index in [0.29, 0.717) is 23.0 Å². The third kappa shape index (κ3) is 3.99. The van der Waals surface area contributed by atoms with Crippen LogP contribution in [0.15, 0.2) is 47.0 Å². The van der Waals surface area contributed by atoms with E-state index in [1.165, 1.54) is 12.5 Å². The molecule has 2 aromatic heterocycles. The predicted octanol–water partition coefficient (Wildman–Crippen LogP) is 4.63. The lowest BCUT2D eigenvalue weighted by Gasteiger charge is -2.10. The van der Waals surface area contributed by atoms with Gasteiger partial charge in [0.15, 0.2) is 0 Å². The van der Waals surface area contributed by atoms with E-state index >= 15 is 0 Å². The Morgan fingerprint density at radius 2 is 2.04 bits per heavy atom. The number of allylic oxidation sites excluding steroid dienone is 1. The number of hydrogen-bond donors (Lipinski definition) is 3. The number of benzene rings is 1. The molecule has 0 unspecified atom stereocenters. The van der Waals surface area contributed by atoms with Gasteiger partial charge in [-0.3, -0.25) is 0 Å². The zero-order chi connectivity index (χ0) is 19.6. The Hall–Kier alpha value is -2.38. The van der Waals surface area contributed by atoms with Gasteiger partial charge in [-0.2, -0.15) is 0 Å². The number of anilines is 1. The summed E-state index contributed by atoms with van der Waals surface area (Å²) in [5, 5.41) is 12.4. The van der Waals surface area contributed by atoms with Crippen molar-refractivity contribution in [1.29, 1.82) is 5.41 Å². The number of nitrogens with zero attached hydrogens (tertiary/aromatic N) is 3. The SMILES string of the molecule is CC(C)N/C=C(\C=N)Cn1c(Br)c(-c2ccc(Cl)cc2)c2c(N)ncnc21. The van der Waals surface area contributed by atoms with Gasteiger partial charge >= 0.3 is 0 Å². The van der Waals surface area contributed by atoms with Crippen LogP contribution in [0.1, 0.15) is 13.8 Å². The van der Waals surface area contributed by atoms with E-state index in [1.54, 1.807) is 0 Å². The average molecular weight is 448 g/mol. The Labute approximate surface area is 171 Å². The first-order valence-electron chi connectivity index (χ1n) is 8.42. The number of nitrogen functional groups attached to an aromatic ring is 1. The average Bonchev–Trinajstić information content (AvgIpc) is 2.92. The minimum atomic E-state index is 0.285. The summed E-state index contributed by atoms with van der Waals surface area (Å²) in [4.78, 5) is 8.60. The highest BCUT2D eigenvalue weighted by Crippen LogP contribution is 2.40. The van der Waals surface area contributed by atoms with Gasteiger partial charge in [-0.05, 0) is 47.5 Å². The Balaban J connectivity index is 2.18. The molecule has 3 aromatic rings. The van der Waals surface area contributed by atoms with E-state index in [-0.39, 0.29) is 6.04 Å². The third-order valence-corrected chi connectivity index (χ3v) is 5.14. The van der Waals surface area contributed by atoms with Crippen molar-refractivity contribution < 1.29 is 0 Å². The molecule has 0 spiro atoms. The van der Waals surface area contributed by atoms with Gasteiger partial charge in [0, 0.05) is 34.6 Å². The Morgan fingerprint density at radius 1 is 1.33 bits per heavy atom. The molecular formula is C19H20BrClN6. The highest BCUT2D eigenvalue weighted by Gasteiger charge is 2.21. The standard InChI is InChI=1S/C19H20BrClN6/c1-11(2)24-8-12(7-22)9-27-17(20)15(13-3-5-14(21)6-4-13)16-18(23)25-10-26-19(16)27/h3-8,10-11,22,24H,9H2,1-2H3,(H2,23,25,26)/b12-8+,22-7?.